The second kappa shape index (κ2) is 7.65. The summed E-state index contributed by atoms with van der Waals surface area (Å²) < 4.78 is 5.12. The lowest BCUT2D eigenvalue weighted by atomic mass is 10.2. The lowest BCUT2D eigenvalue weighted by Gasteiger charge is -2.18. The first kappa shape index (κ1) is 16.1. The SMILES string of the molecule is CC[C@@H](NC(=O)CN(C)Cc1ccncc1)c1nc(C)no1. The van der Waals surface area contributed by atoms with Gasteiger partial charge in [-0.1, -0.05) is 12.1 Å². The fraction of sp³-hybridized carbons (Fsp3) is 0.467. The molecule has 0 aromatic carbocycles. The number of aromatic nitrogens is 3. The van der Waals surface area contributed by atoms with Crippen molar-refractivity contribution in [2.45, 2.75) is 32.9 Å². The summed E-state index contributed by atoms with van der Waals surface area (Å²) in [5.41, 5.74) is 1.12. The molecule has 7 heteroatoms. The van der Waals surface area contributed by atoms with E-state index < -0.39 is 0 Å². The summed E-state index contributed by atoms with van der Waals surface area (Å²) in [6.45, 7) is 4.70. The summed E-state index contributed by atoms with van der Waals surface area (Å²) in [6.07, 6.45) is 4.18. The van der Waals surface area contributed by atoms with Crippen LogP contribution in [-0.4, -0.2) is 39.5 Å². The highest BCUT2D eigenvalue weighted by molar-refractivity contribution is 5.78. The minimum atomic E-state index is -0.247. The van der Waals surface area contributed by atoms with Crippen LogP contribution in [0.3, 0.4) is 0 Å². The van der Waals surface area contributed by atoms with Crippen LogP contribution in [-0.2, 0) is 11.3 Å². The number of pyridine rings is 1. The molecule has 7 nitrogen and oxygen atoms in total. The summed E-state index contributed by atoms with van der Waals surface area (Å²) in [5, 5.41) is 6.68. The van der Waals surface area contributed by atoms with E-state index >= 15 is 0 Å². The minimum absolute atomic E-state index is 0.0701. The van der Waals surface area contributed by atoms with Crippen molar-refractivity contribution < 1.29 is 9.32 Å². The van der Waals surface area contributed by atoms with E-state index in [1.165, 1.54) is 0 Å². The van der Waals surface area contributed by atoms with Gasteiger partial charge in [-0.2, -0.15) is 4.98 Å². The predicted octanol–water partition coefficient (Wildman–Crippen LogP) is 1.47. The summed E-state index contributed by atoms with van der Waals surface area (Å²) >= 11 is 0. The lowest BCUT2D eigenvalue weighted by molar-refractivity contribution is -0.123. The van der Waals surface area contributed by atoms with Crippen molar-refractivity contribution in [1.29, 1.82) is 0 Å². The molecule has 0 aliphatic carbocycles. The van der Waals surface area contributed by atoms with Gasteiger partial charge in [0.15, 0.2) is 5.82 Å². The minimum Gasteiger partial charge on any atom is -0.343 e. The van der Waals surface area contributed by atoms with Crippen LogP contribution in [0.1, 0.15) is 36.7 Å². The highest BCUT2D eigenvalue weighted by Crippen LogP contribution is 2.14. The molecule has 1 N–H and O–H groups in total. The number of likely N-dealkylation sites (N-methyl/N-ethyl adjacent to an activating group) is 1. The lowest BCUT2D eigenvalue weighted by Crippen LogP contribution is -2.37. The van der Waals surface area contributed by atoms with Crippen LogP contribution in [0.5, 0.6) is 0 Å². The van der Waals surface area contributed by atoms with Crippen molar-refractivity contribution in [2.24, 2.45) is 0 Å². The van der Waals surface area contributed by atoms with Crippen LogP contribution in [0.15, 0.2) is 29.0 Å². The third kappa shape index (κ3) is 4.63. The Bertz CT molecular complexity index is 599. The van der Waals surface area contributed by atoms with Crippen LogP contribution < -0.4 is 5.32 Å². The number of carbonyl (C=O) groups excluding carboxylic acids is 1. The molecule has 2 aromatic heterocycles. The second-order valence-corrected chi connectivity index (χ2v) is 5.24. The topological polar surface area (TPSA) is 84.2 Å². The number of nitrogens with zero attached hydrogens (tertiary/aromatic N) is 4. The summed E-state index contributed by atoms with van der Waals surface area (Å²) in [6, 6.07) is 3.62. The van der Waals surface area contributed by atoms with E-state index in [4.69, 9.17) is 4.52 Å². The maximum absolute atomic E-state index is 12.1. The Hall–Kier alpha value is -2.28. The monoisotopic (exact) mass is 303 g/mol. The van der Waals surface area contributed by atoms with E-state index in [2.05, 4.69) is 20.4 Å². The number of hydrogen-bond donors (Lipinski definition) is 1. The largest absolute Gasteiger partial charge is 0.343 e. The van der Waals surface area contributed by atoms with Crippen LogP contribution in [0.25, 0.3) is 0 Å². The molecule has 0 fully saturated rings. The van der Waals surface area contributed by atoms with Gasteiger partial charge in [0.25, 0.3) is 0 Å². The van der Waals surface area contributed by atoms with Crippen LogP contribution in [0.4, 0.5) is 0 Å². The third-order valence-corrected chi connectivity index (χ3v) is 3.20. The molecular weight excluding hydrogens is 282 g/mol. The molecule has 0 saturated heterocycles. The van der Waals surface area contributed by atoms with E-state index in [-0.39, 0.29) is 11.9 Å². The van der Waals surface area contributed by atoms with E-state index in [1.54, 1.807) is 19.3 Å². The molecule has 1 atom stereocenters. The van der Waals surface area contributed by atoms with Gasteiger partial charge < -0.3 is 9.84 Å². The smallest absolute Gasteiger partial charge is 0.249 e. The molecule has 2 rings (SSSR count). The van der Waals surface area contributed by atoms with Crippen molar-refractivity contribution in [1.82, 2.24) is 25.3 Å². The first-order chi connectivity index (χ1) is 10.6. The molecule has 2 aromatic rings. The van der Waals surface area contributed by atoms with E-state index in [9.17, 15) is 4.79 Å². The Labute approximate surface area is 129 Å². The first-order valence-corrected chi connectivity index (χ1v) is 7.25. The number of nitrogens with one attached hydrogen (secondary N) is 1. The van der Waals surface area contributed by atoms with Crippen molar-refractivity contribution >= 4 is 5.91 Å². The maximum Gasteiger partial charge on any atom is 0.249 e. The molecule has 0 aliphatic heterocycles. The van der Waals surface area contributed by atoms with E-state index in [0.717, 1.165) is 5.56 Å². The predicted molar refractivity (Wildman–Crippen MR) is 80.8 cm³/mol. The van der Waals surface area contributed by atoms with Gasteiger partial charge in [-0.15, -0.1) is 0 Å². The number of amides is 1. The van der Waals surface area contributed by atoms with Crippen molar-refractivity contribution in [3.05, 3.63) is 41.8 Å². The zero-order chi connectivity index (χ0) is 15.9. The highest BCUT2D eigenvalue weighted by atomic mass is 16.5. The van der Waals surface area contributed by atoms with Crippen molar-refractivity contribution in [3.63, 3.8) is 0 Å². The first-order valence-electron chi connectivity index (χ1n) is 7.25. The van der Waals surface area contributed by atoms with Gasteiger partial charge in [0.1, 0.15) is 6.04 Å². The summed E-state index contributed by atoms with van der Waals surface area (Å²) in [4.78, 5) is 22.2. The molecule has 2 heterocycles. The third-order valence-electron chi connectivity index (χ3n) is 3.20. The normalized spacial score (nSPS) is 12.4. The average molecular weight is 303 g/mol. The van der Waals surface area contributed by atoms with Gasteiger partial charge in [0, 0.05) is 18.9 Å². The van der Waals surface area contributed by atoms with Crippen LogP contribution in [0, 0.1) is 6.92 Å². The van der Waals surface area contributed by atoms with Gasteiger partial charge >= 0.3 is 0 Å². The molecule has 22 heavy (non-hydrogen) atoms. The molecule has 118 valence electrons. The number of carbonyl (C=O) groups is 1. The molecule has 0 aliphatic rings. The Morgan fingerprint density at radius 1 is 1.41 bits per heavy atom. The maximum atomic E-state index is 12.1. The number of rotatable bonds is 7. The molecule has 0 unspecified atom stereocenters. The summed E-state index contributed by atoms with van der Waals surface area (Å²) in [7, 11) is 1.90. The second-order valence-electron chi connectivity index (χ2n) is 5.24. The Morgan fingerprint density at radius 3 is 2.73 bits per heavy atom. The van der Waals surface area contributed by atoms with E-state index in [0.29, 0.717) is 31.2 Å². The van der Waals surface area contributed by atoms with Gasteiger partial charge in [-0.05, 0) is 38.1 Å². The van der Waals surface area contributed by atoms with Crippen LogP contribution >= 0.6 is 0 Å². The molecule has 0 bridgehead atoms. The van der Waals surface area contributed by atoms with Gasteiger partial charge in [-0.3, -0.25) is 14.7 Å². The summed E-state index contributed by atoms with van der Waals surface area (Å²) in [5.74, 6) is 0.946. The Morgan fingerprint density at radius 2 is 2.14 bits per heavy atom. The van der Waals surface area contributed by atoms with Gasteiger partial charge in [0.2, 0.25) is 11.8 Å². The Kier molecular flexibility index (Phi) is 5.60. The molecule has 0 spiro atoms. The standard InChI is InChI=1S/C15H21N5O2/c1-4-13(15-17-11(2)19-22-15)18-14(21)10-20(3)9-12-5-7-16-8-6-12/h5-8,13H,4,9-10H2,1-3H3,(H,18,21)/t13-/m1/s1. The van der Waals surface area contributed by atoms with Gasteiger partial charge in [-0.25, -0.2) is 0 Å². The van der Waals surface area contributed by atoms with Crippen LogP contribution in [0.2, 0.25) is 0 Å². The average Bonchev–Trinajstić information content (AvgIpc) is 2.92. The number of hydrogen-bond acceptors (Lipinski definition) is 6. The quantitative estimate of drug-likeness (QED) is 0.834. The van der Waals surface area contributed by atoms with Crippen molar-refractivity contribution in [2.75, 3.05) is 13.6 Å². The highest BCUT2D eigenvalue weighted by Gasteiger charge is 2.19. The molecule has 1 amide bonds. The molecule has 0 radical (unpaired) electrons. The van der Waals surface area contributed by atoms with Gasteiger partial charge in [0.05, 0.1) is 6.54 Å². The zero-order valence-corrected chi connectivity index (χ0v) is 13.1. The zero-order valence-electron chi connectivity index (χ0n) is 13.1. The van der Waals surface area contributed by atoms with Crippen molar-refractivity contribution in [3.8, 4) is 0 Å². The Balaban J connectivity index is 1.86. The van der Waals surface area contributed by atoms with E-state index in [1.807, 2.05) is 31.0 Å². The molecular formula is C15H21N5O2. The molecule has 0 saturated carbocycles. The number of aryl methyl sites for hydroxylation is 1. The fourth-order valence-corrected chi connectivity index (χ4v) is 2.13. The fourth-order valence-electron chi connectivity index (χ4n) is 2.13.